The highest BCUT2D eigenvalue weighted by molar-refractivity contribution is 7.93. The second-order valence-corrected chi connectivity index (χ2v) is 10.5. The zero-order chi connectivity index (χ0) is 25.5. The van der Waals surface area contributed by atoms with E-state index < -0.39 is 39.2 Å². The highest BCUT2D eigenvalue weighted by Gasteiger charge is 2.62. The third kappa shape index (κ3) is 4.08. The minimum absolute atomic E-state index is 0.0206. The van der Waals surface area contributed by atoms with Gasteiger partial charge in [0, 0.05) is 32.1 Å². The number of carbonyl (C=O) groups excluding carboxylic acids is 4. The van der Waals surface area contributed by atoms with Crippen LogP contribution in [0.4, 0.5) is 15.3 Å². The Morgan fingerprint density at radius 3 is 2.33 bits per heavy atom. The van der Waals surface area contributed by atoms with Gasteiger partial charge in [-0.2, -0.15) is 0 Å². The fraction of sp³-hybridized carbons (Fsp3) is 0.318. The summed E-state index contributed by atoms with van der Waals surface area (Å²) in [4.78, 5) is 54.5. The summed E-state index contributed by atoms with van der Waals surface area (Å²) in [5.74, 6) is -1.87. The van der Waals surface area contributed by atoms with Crippen molar-refractivity contribution in [3.8, 4) is 11.6 Å². The Bertz CT molecular complexity index is 1320. The maximum atomic E-state index is 12.8. The first kappa shape index (κ1) is 23.5. The van der Waals surface area contributed by atoms with E-state index in [0.717, 1.165) is 25.1 Å². The number of carbonyl (C=O) groups is 4. The van der Waals surface area contributed by atoms with Gasteiger partial charge in [-0.1, -0.05) is 12.1 Å². The number of barbiturate groups is 1. The third-order valence-electron chi connectivity index (χ3n) is 6.24. The van der Waals surface area contributed by atoms with Crippen molar-refractivity contribution in [2.24, 2.45) is 0 Å². The van der Waals surface area contributed by atoms with E-state index in [0.29, 0.717) is 16.6 Å². The molecule has 1 aromatic carbocycles. The van der Waals surface area contributed by atoms with Gasteiger partial charge in [0.05, 0.1) is 17.6 Å². The fourth-order valence-electron chi connectivity index (χ4n) is 4.20. The van der Waals surface area contributed by atoms with Gasteiger partial charge in [-0.3, -0.25) is 20.2 Å². The number of sulfonamides is 1. The molecule has 3 aliphatic heterocycles. The normalized spacial score (nSPS) is 19.9. The summed E-state index contributed by atoms with van der Waals surface area (Å²) in [5.41, 5.74) is -1.25. The summed E-state index contributed by atoms with van der Waals surface area (Å²) in [6, 6.07) is 8.66. The van der Waals surface area contributed by atoms with Crippen LogP contribution in [0.25, 0.3) is 0 Å². The molecule has 3 saturated heterocycles. The fourth-order valence-corrected chi connectivity index (χ4v) is 6.10. The number of nitrogens with zero attached hydrogens (tertiary/aromatic N) is 3. The Morgan fingerprint density at radius 2 is 1.75 bits per heavy atom. The van der Waals surface area contributed by atoms with Crippen LogP contribution < -0.4 is 25.0 Å². The number of urea groups is 2. The number of hydrogen-bond donors (Lipinski definition) is 3. The lowest BCUT2D eigenvalue weighted by Crippen LogP contribution is -2.71. The average Bonchev–Trinajstić information content (AvgIpc) is 3.09. The highest BCUT2D eigenvalue weighted by Crippen LogP contribution is 2.38. The summed E-state index contributed by atoms with van der Waals surface area (Å²) in [6.07, 6.45) is 1.88. The summed E-state index contributed by atoms with van der Waals surface area (Å²) in [6.45, 7) is 1.92. The predicted octanol–water partition coefficient (Wildman–Crippen LogP) is 0.434. The van der Waals surface area contributed by atoms with Crippen LogP contribution in [-0.2, 0) is 26.2 Å². The summed E-state index contributed by atoms with van der Waals surface area (Å²) in [7, 11) is -4.04. The largest absolute Gasteiger partial charge is 0.439 e. The molecule has 0 unspecified atom stereocenters. The van der Waals surface area contributed by atoms with Gasteiger partial charge in [0.1, 0.15) is 5.75 Å². The van der Waals surface area contributed by atoms with Gasteiger partial charge >= 0.3 is 12.1 Å². The van der Waals surface area contributed by atoms with Crippen molar-refractivity contribution in [1.29, 1.82) is 0 Å². The van der Waals surface area contributed by atoms with Gasteiger partial charge in [0.15, 0.2) is 0 Å². The monoisotopic (exact) mass is 514 g/mol. The van der Waals surface area contributed by atoms with Crippen molar-refractivity contribution in [1.82, 2.24) is 25.8 Å². The van der Waals surface area contributed by atoms with Gasteiger partial charge in [-0.25, -0.2) is 27.3 Å². The highest BCUT2D eigenvalue weighted by atomic mass is 32.2. The van der Waals surface area contributed by atoms with Crippen molar-refractivity contribution in [3.05, 3.63) is 48.2 Å². The van der Waals surface area contributed by atoms with Gasteiger partial charge in [-0.15, -0.1) is 0 Å². The molecule has 3 N–H and O–H groups in total. The van der Waals surface area contributed by atoms with Crippen molar-refractivity contribution in [3.63, 3.8) is 0 Å². The second kappa shape index (κ2) is 8.78. The molecule has 3 fully saturated rings. The zero-order valence-electron chi connectivity index (χ0n) is 18.9. The Kier molecular flexibility index (Phi) is 5.74. The first-order chi connectivity index (χ1) is 17.2. The number of aromatic nitrogens is 1. The summed E-state index contributed by atoms with van der Waals surface area (Å²) in [5, 5.41) is 6.78. The molecule has 1 spiro atoms. The average molecular weight is 515 g/mol. The Labute approximate surface area is 205 Å². The maximum absolute atomic E-state index is 12.8. The molecule has 0 saturated carbocycles. The molecule has 6 amide bonds. The molecule has 13 nitrogen and oxygen atoms in total. The second-order valence-electron chi connectivity index (χ2n) is 8.53. The van der Waals surface area contributed by atoms with Crippen molar-refractivity contribution in [2.45, 2.75) is 24.9 Å². The number of anilines is 1. The first-order valence-electron chi connectivity index (χ1n) is 11.1. The molecular formula is C22H22N6O7S. The van der Waals surface area contributed by atoms with Crippen LogP contribution in [0.2, 0.25) is 0 Å². The number of pyridine rings is 1. The molecule has 4 heterocycles. The molecule has 14 heteroatoms. The van der Waals surface area contributed by atoms with E-state index >= 15 is 0 Å². The van der Waals surface area contributed by atoms with Crippen molar-refractivity contribution >= 4 is 39.6 Å². The molecule has 0 aliphatic carbocycles. The molecule has 5 rings (SSSR count). The molecule has 1 aromatic heterocycles. The number of hydrogen-bond acceptors (Lipinski definition) is 8. The summed E-state index contributed by atoms with van der Waals surface area (Å²) >= 11 is 0. The number of rotatable bonds is 5. The van der Waals surface area contributed by atoms with Gasteiger partial charge in [-0.05, 0) is 30.2 Å². The van der Waals surface area contributed by atoms with Crippen LogP contribution in [0.3, 0.4) is 0 Å². The van der Waals surface area contributed by atoms with Gasteiger partial charge in [0.2, 0.25) is 21.4 Å². The van der Waals surface area contributed by atoms with E-state index in [-0.39, 0.29) is 24.0 Å². The van der Waals surface area contributed by atoms with Crippen LogP contribution in [0.1, 0.15) is 18.4 Å². The van der Waals surface area contributed by atoms with E-state index in [1.54, 1.807) is 29.2 Å². The lowest BCUT2D eigenvalue weighted by molar-refractivity contribution is -0.137. The van der Waals surface area contributed by atoms with E-state index in [9.17, 15) is 27.6 Å². The van der Waals surface area contributed by atoms with Crippen LogP contribution in [0.15, 0.2) is 42.6 Å². The van der Waals surface area contributed by atoms with Gasteiger partial charge < -0.3 is 15.0 Å². The standard InChI is InChI=1S/C22H22N6O7S/c29-18-22(19(30)26-20(31)25-18)8-11-36(33,34)28(22)15-4-7-17(23-13-15)35-16-5-2-14(3-6-16)12-24-21(32)27-9-1-10-27/h2-7,13H,1,8-12H2,(H,24,32)(H2,25,26,29,30,31). The number of imide groups is 2. The molecular weight excluding hydrogens is 492 g/mol. The van der Waals surface area contributed by atoms with E-state index in [1.165, 1.54) is 18.3 Å². The van der Waals surface area contributed by atoms with E-state index in [2.05, 4.69) is 10.3 Å². The molecule has 0 bridgehead atoms. The first-order valence-corrected chi connectivity index (χ1v) is 12.8. The smallest absolute Gasteiger partial charge is 0.328 e. The quantitative estimate of drug-likeness (QED) is 0.483. The third-order valence-corrected chi connectivity index (χ3v) is 8.04. The van der Waals surface area contributed by atoms with E-state index in [1.807, 2.05) is 10.6 Å². The summed E-state index contributed by atoms with van der Waals surface area (Å²) < 4.78 is 31.9. The topological polar surface area (TPSA) is 167 Å². The van der Waals surface area contributed by atoms with E-state index in [4.69, 9.17) is 4.74 Å². The number of ether oxygens (including phenoxy) is 1. The maximum Gasteiger partial charge on any atom is 0.328 e. The minimum atomic E-state index is -4.04. The van der Waals surface area contributed by atoms with Crippen LogP contribution in [0, 0.1) is 0 Å². The van der Waals surface area contributed by atoms with Gasteiger partial charge in [0.25, 0.3) is 11.8 Å². The number of amides is 6. The van der Waals surface area contributed by atoms with Crippen molar-refractivity contribution < 1.29 is 32.3 Å². The lowest BCUT2D eigenvalue weighted by atomic mass is 9.92. The minimum Gasteiger partial charge on any atom is -0.439 e. The molecule has 36 heavy (non-hydrogen) atoms. The molecule has 0 radical (unpaired) electrons. The SMILES string of the molecule is O=C1NC(=O)C2(CCS(=O)(=O)N2c2ccc(Oc3ccc(CNC(=O)N4CCC4)cc3)nc2)C(=O)N1. The van der Waals surface area contributed by atoms with Crippen LogP contribution >= 0.6 is 0 Å². The molecule has 0 atom stereocenters. The zero-order valence-corrected chi connectivity index (χ0v) is 19.7. The Morgan fingerprint density at radius 1 is 1.06 bits per heavy atom. The molecule has 188 valence electrons. The van der Waals surface area contributed by atoms with Crippen molar-refractivity contribution in [2.75, 3.05) is 23.1 Å². The Hall–Kier alpha value is -4.20. The van der Waals surface area contributed by atoms with Crippen LogP contribution in [0.5, 0.6) is 11.6 Å². The Balaban J connectivity index is 1.28. The number of benzene rings is 1. The van der Waals surface area contributed by atoms with Crippen LogP contribution in [-0.4, -0.2) is 66.6 Å². The lowest BCUT2D eigenvalue weighted by Gasteiger charge is -2.37. The number of nitrogens with one attached hydrogen (secondary N) is 3. The number of likely N-dealkylation sites (tertiary alicyclic amines) is 1. The molecule has 2 aromatic rings. The predicted molar refractivity (Wildman–Crippen MR) is 124 cm³/mol. The molecule has 3 aliphatic rings.